The van der Waals surface area contributed by atoms with E-state index in [0.29, 0.717) is 18.7 Å². The van der Waals surface area contributed by atoms with Crippen molar-refractivity contribution in [1.29, 1.82) is 0 Å². The minimum Gasteiger partial charge on any atom is -0.493 e. The van der Waals surface area contributed by atoms with Gasteiger partial charge in [0.25, 0.3) is 0 Å². The minimum atomic E-state index is -0.00171. The number of ether oxygens (including phenoxy) is 1. The lowest BCUT2D eigenvalue weighted by molar-refractivity contribution is -0.134. The molecule has 0 atom stereocenters. The molecule has 1 saturated heterocycles. The fourth-order valence-corrected chi connectivity index (χ4v) is 2.52. The molecule has 19 heavy (non-hydrogen) atoms. The highest BCUT2D eigenvalue weighted by atomic mass is 16.5. The molecular formula is C15H22N2O2. The molecule has 1 aliphatic rings. The van der Waals surface area contributed by atoms with Crippen molar-refractivity contribution in [2.45, 2.75) is 38.6 Å². The van der Waals surface area contributed by atoms with E-state index < -0.39 is 0 Å². The van der Waals surface area contributed by atoms with E-state index in [1.165, 1.54) is 0 Å². The van der Waals surface area contributed by atoms with Gasteiger partial charge in [-0.2, -0.15) is 0 Å². The highest BCUT2D eigenvalue weighted by Crippen LogP contribution is 2.28. The summed E-state index contributed by atoms with van der Waals surface area (Å²) in [6.07, 6.45) is 2.60. The van der Waals surface area contributed by atoms with E-state index in [0.717, 1.165) is 25.1 Å². The molecule has 1 heterocycles. The van der Waals surface area contributed by atoms with E-state index in [-0.39, 0.29) is 11.4 Å². The molecule has 0 aromatic heterocycles. The Labute approximate surface area is 114 Å². The molecule has 4 nitrogen and oxygen atoms in total. The third-order valence-electron chi connectivity index (χ3n) is 3.67. The van der Waals surface area contributed by atoms with E-state index >= 15 is 0 Å². The van der Waals surface area contributed by atoms with Crippen molar-refractivity contribution in [2.75, 3.05) is 18.9 Å². The second kappa shape index (κ2) is 5.51. The first-order valence-corrected chi connectivity index (χ1v) is 6.78. The van der Waals surface area contributed by atoms with Crippen LogP contribution in [0.3, 0.4) is 0 Å². The van der Waals surface area contributed by atoms with Gasteiger partial charge in [-0.25, -0.2) is 0 Å². The van der Waals surface area contributed by atoms with E-state index in [4.69, 9.17) is 10.5 Å². The second-order valence-electron chi connectivity index (χ2n) is 5.63. The Hall–Kier alpha value is -1.71. The standard InChI is InChI=1S/C15H22N2O2/c1-15(2)9-3-10-17(15)14(18)8-11-19-13-6-4-12(16)5-7-13/h4-7H,3,8-11,16H2,1-2H3. The number of nitrogens with zero attached hydrogens (tertiary/aromatic N) is 1. The predicted molar refractivity (Wildman–Crippen MR) is 76.0 cm³/mol. The maximum absolute atomic E-state index is 12.1. The molecule has 0 spiro atoms. The smallest absolute Gasteiger partial charge is 0.226 e. The first-order valence-electron chi connectivity index (χ1n) is 6.78. The van der Waals surface area contributed by atoms with Gasteiger partial charge in [0.05, 0.1) is 13.0 Å². The van der Waals surface area contributed by atoms with Crippen LogP contribution < -0.4 is 10.5 Å². The lowest BCUT2D eigenvalue weighted by Crippen LogP contribution is -2.43. The fourth-order valence-electron chi connectivity index (χ4n) is 2.52. The molecule has 2 N–H and O–H groups in total. The van der Waals surface area contributed by atoms with Gasteiger partial charge in [-0.15, -0.1) is 0 Å². The number of carbonyl (C=O) groups excluding carboxylic acids is 1. The van der Waals surface area contributed by atoms with Gasteiger partial charge in [-0.1, -0.05) is 0 Å². The maximum atomic E-state index is 12.1. The molecule has 2 rings (SSSR count). The molecule has 0 unspecified atom stereocenters. The average molecular weight is 262 g/mol. The van der Waals surface area contributed by atoms with E-state index in [9.17, 15) is 4.79 Å². The molecule has 1 aliphatic heterocycles. The van der Waals surface area contributed by atoms with Crippen molar-refractivity contribution in [3.05, 3.63) is 24.3 Å². The Kier molecular flexibility index (Phi) is 3.98. The van der Waals surface area contributed by atoms with Crippen LogP contribution in [0, 0.1) is 0 Å². The second-order valence-corrected chi connectivity index (χ2v) is 5.63. The Balaban J connectivity index is 1.79. The van der Waals surface area contributed by atoms with Crippen LogP contribution in [0.1, 0.15) is 33.1 Å². The molecule has 1 aromatic rings. The number of hydrogen-bond donors (Lipinski definition) is 1. The number of carbonyl (C=O) groups is 1. The predicted octanol–water partition coefficient (Wildman–Crippen LogP) is 2.44. The quantitative estimate of drug-likeness (QED) is 0.848. The van der Waals surface area contributed by atoms with Crippen LogP contribution in [0.15, 0.2) is 24.3 Å². The van der Waals surface area contributed by atoms with E-state index in [2.05, 4.69) is 13.8 Å². The molecule has 1 aromatic carbocycles. The number of nitrogen functional groups attached to an aromatic ring is 1. The largest absolute Gasteiger partial charge is 0.493 e. The summed E-state index contributed by atoms with van der Waals surface area (Å²) in [4.78, 5) is 14.1. The van der Waals surface area contributed by atoms with Gasteiger partial charge in [0.15, 0.2) is 0 Å². The number of amides is 1. The zero-order valence-electron chi connectivity index (χ0n) is 11.7. The monoisotopic (exact) mass is 262 g/mol. The third kappa shape index (κ3) is 3.40. The number of hydrogen-bond acceptors (Lipinski definition) is 3. The topological polar surface area (TPSA) is 55.6 Å². The first kappa shape index (κ1) is 13.7. The summed E-state index contributed by atoms with van der Waals surface area (Å²) in [6.45, 7) is 5.53. The summed E-state index contributed by atoms with van der Waals surface area (Å²) >= 11 is 0. The molecule has 0 radical (unpaired) electrons. The van der Waals surface area contributed by atoms with Crippen molar-refractivity contribution >= 4 is 11.6 Å². The maximum Gasteiger partial charge on any atom is 0.226 e. The van der Waals surface area contributed by atoms with Crippen LogP contribution in [0.4, 0.5) is 5.69 Å². The summed E-state index contributed by atoms with van der Waals surface area (Å²) in [5.41, 5.74) is 6.31. The van der Waals surface area contributed by atoms with Gasteiger partial charge < -0.3 is 15.4 Å². The van der Waals surface area contributed by atoms with Crippen molar-refractivity contribution in [3.63, 3.8) is 0 Å². The average Bonchev–Trinajstić information content (AvgIpc) is 2.71. The lowest BCUT2D eigenvalue weighted by Gasteiger charge is -2.31. The summed E-state index contributed by atoms with van der Waals surface area (Å²) in [5.74, 6) is 0.931. The summed E-state index contributed by atoms with van der Waals surface area (Å²) in [5, 5.41) is 0. The van der Waals surface area contributed by atoms with Crippen LogP contribution in [-0.4, -0.2) is 29.5 Å². The van der Waals surface area contributed by atoms with E-state index in [1.54, 1.807) is 12.1 Å². The van der Waals surface area contributed by atoms with Crippen molar-refractivity contribution in [3.8, 4) is 5.75 Å². The molecule has 0 saturated carbocycles. The normalized spacial score (nSPS) is 17.5. The number of rotatable bonds is 4. The minimum absolute atomic E-state index is 0.00171. The van der Waals surface area contributed by atoms with Crippen LogP contribution in [-0.2, 0) is 4.79 Å². The Morgan fingerprint density at radius 2 is 2.05 bits per heavy atom. The molecule has 4 heteroatoms. The third-order valence-corrected chi connectivity index (χ3v) is 3.67. The van der Waals surface area contributed by atoms with Gasteiger partial charge in [0.2, 0.25) is 5.91 Å². The highest BCUT2D eigenvalue weighted by Gasteiger charge is 2.34. The Morgan fingerprint density at radius 1 is 1.37 bits per heavy atom. The SMILES string of the molecule is CC1(C)CCCN1C(=O)CCOc1ccc(N)cc1. The zero-order chi connectivity index (χ0) is 13.9. The molecule has 0 bridgehead atoms. The van der Waals surface area contributed by atoms with Gasteiger partial charge in [0.1, 0.15) is 5.75 Å². The van der Waals surface area contributed by atoms with Crippen molar-refractivity contribution < 1.29 is 9.53 Å². The first-order chi connectivity index (χ1) is 8.99. The molecule has 1 amide bonds. The van der Waals surface area contributed by atoms with Crippen molar-refractivity contribution in [1.82, 2.24) is 4.90 Å². The lowest BCUT2D eigenvalue weighted by atomic mass is 10.0. The van der Waals surface area contributed by atoms with Crippen molar-refractivity contribution in [2.24, 2.45) is 0 Å². The van der Waals surface area contributed by atoms with E-state index in [1.807, 2.05) is 17.0 Å². The number of anilines is 1. The summed E-state index contributed by atoms with van der Waals surface area (Å²) in [7, 11) is 0. The molecule has 1 fully saturated rings. The zero-order valence-corrected chi connectivity index (χ0v) is 11.7. The molecule has 104 valence electrons. The molecular weight excluding hydrogens is 240 g/mol. The van der Waals surface area contributed by atoms with Crippen LogP contribution in [0.5, 0.6) is 5.75 Å². The van der Waals surface area contributed by atoms with Gasteiger partial charge >= 0.3 is 0 Å². The number of likely N-dealkylation sites (tertiary alicyclic amines) is 1. The van der Waals surface area contributed by atoms with Crippen LogP contribution in [0.2, 0.25) is 0 Å². The highest BCUT2D eigenvalue weighted by molar-refractivity contribution is 5.77. The van der Waals surface area contributed by atoms with Gasteiger partial charge in [-0.3, -0.25) is 4.79 Å². The fraction of sp³-hybridized carbons (Fsp3) is 0.533. The summed E-state index contributed by atoms with van der Waals surface area (Å²) in [6, 6.07) is 7.22. The van der Waals surface area contributed by atoms with Crippen LogP contribution >= 0.6 is 0 Å². The molecule has 0 aliphatic carbocycles. The number of benzene rings is 1. The van der Waals surface area contributed by atoms with Crippen LogP contribution in [0.25, 0.3) is 0 Å². The van der Waals surface area contributed by atoms with Gasteiger partial charge in [-0.05, 0) is 51.0 Å². The summed E-state index contributed by atoms with van der Waals surface area (Å²) < 4.78 is 5.56. The Morgan fingerprint density at radius 3 is 2.63 bits per heavy atom. The number of nitrogens with two attached hydrogens (primary N) is 1. The van der Waals surface area contributed by atoms with Gasteiger partial charge in [0, 0.05) is 17.8 Å². The Bertz CT molecular complexity index is 440.